The summed E-state index contributed by atoms with van der Waals surface area (Å²) in [6.45, 7) is 4.93. The lowest BCUT2D eigenvalue weighted by atomic mass is 10.0. The van der Waals surface area contributed by atoms with Crippen molar-refractivity contribution < 1.29 is 4.74 Å². The molecule has 0 saturated carbocycles. The van der Waals surface area contributed by atoms with Gasteiger partial charge in [-0.05, 0) is 26.7 Å². The predicted molar refractivity (Wildman–Crippen MR) is 62.0 cm³/mol. The maximum absolute atomic E-state index is 5.96. The van der Waals surface area contributed by atoms with Crippen LogP contribution in [0.1, 0.15) is 43.5 Å². The standard InChI is InChI=1S/C11H18N2OS/c1-11(2,12)6-8-7-15-10(13-8)9-4-3-5-14-9/h7,9H,3-6,12H2,1-2H3. The molecule has 1 aromatic rings. The van der Waals surface area contributed by atoms with Gasteiger partial charge in [0, 0.05) is 23.9 Å². The van der Waals surface area contributed by atoms with Crippen LogP contribution in [0.5, 0.6) is 0 Å². The molecule has 1 aromatic heterocycles. The summed E-state index contributed by atoms with van der Waals surface area (Å²) in [5.74, 6) is 0. The first-order valence-corrected chi connectivity index (χ1v) is 6.27. The molecular weight excluding hydrogens is 208 g/mol. The Labute approximate surface area is 94.7 Å². The van der Waals surface area contributed by atoms with Gasteiger partial charge in [-0.3, -0.25) is 0 Å². The van der Waals surface area contributed by atoms with E-state index in [0.29, 0.717) is 0 Å². The molecule has 1 atom stereocenters. The molecule has 1 aliphatic heterocycles. The number of nitrogens with two attached hydrogens (primary N) is 1. The maximum Gasteiger partial charge on any atom is 0.122 e. The Bertz CT molecular complexity index is 324. The third-order valence-corrected chi connectivity index (χ3v) is 3.40. The van der Waals surface area contributed by atoms with Gasteiger partial charge in [-0.2, -0.15) is 0 Å². The van der Waals surface area contributed by atoms with E-state index in [1.54, 1.807) is 11.3 Å². The van der Waals surface area contributed by atoms with Gasteiger partial charge in [0.15, 0.2) is 0 Å². The molecule has 84 valence electrons. The fraction of sp³-hybridized carbons (Fsp3) is 0.727. The molecule has 3 nitrogen and oxygen atoms in total. The summed E-state index contributed by atoms with van der Waals surface area (Å²) in [6, 6.07) is 0. The van der Waals surface area contributed by atoms with Crippen molar-refractivity contribution in [2.24, 2.45) is 5.73 Å². The molecule has 0 radical (unpaired) electrons. The van der Waals surface area contributed by atoms with Gasteiger partial charge in [0.2, 0.25) is 0 Å². The van der Waals surface area contributed by atoms with Crippen LogP contribution in [0, 0.1) is 0 Å². The summed E-state index contributed by atoms with van der Waals surface area (Å²) in [7, 11) is 0. The summed E-state index contributed by atoms with van der Waals surface area (Å²) in [6.07, 6.45) is 3.33. The van der Waals surface area contributed by atoms with Crippen LogP contribution < -0.4 is 5.73 Å². The summed E-state index contributed by atoms with van der Waals surface area (Å²) < 4.78 is 5.60. The van der Waals surface area contributed by atoms with Gasteiger partial charge < -0.3 is 10.5 Å². The lowest BCUT2D eigenvalue weighted by molar-refractivity contribution is 0.111. The molecule has 1 fully saturated rings. The Kier molecular flexibility index (Phi) is 3.09. The zero-order chi connectivity index (χ0) is 10.9. The van der Waals surface area contributed by atoms with Gasteiger partial charge >= 0.3 is 0 Å². The molecule has 0 amide bonds. The van der Waals surface area contributed by atoms with Crippen LogP contribution >= 0.6 is 11.3 Å². The lowest BCUT2D eigenvalue weighted by Gasteiger charge is -2.16. The second kappa shape index (κ2) is 4.20. The monoisotopic (exact) mass is 226 g/mol. The van der Waals surface area contributed by atoms with Crippen molar-refractivity contribution in [2.45, 2.75) is 44.8 Å². The van der Waals surface area contributed by atoms with Crippen LogP contribution in [0.15, 0.2) is 5.38 Å². The average Bonchev–Trinajstić information content (AvgIpc) is 2.68. The van der Waals surface area contributed by atoms with Crippen molar-refractivity contribution in [1.29, 1.82) is 0 Å². The van der Waals surface area contributed by atoms with Gasteiger partial charge in [0.25, 0.3) is 0 Å². The van der Waals surface area contributed by atoms with E-state index in [9.17, 15) is 0 Å². The van der Waals surface area contributed by atoms with Crippen molar-refractivity contribution in [1.82, 2.24) is 4.98 Å². The first-order chi connectivity index (χ1) is 7.04. The van der Waals surface area contributed by atoms with Crippen molar-refractivity contribution in [2.75, 3.05) is 6.61 Å². The van der Waals surface area contributed by atoms with Gasteiger partial charge in [-0.15, -0.1) is 11.3 Å². The molecule has 1 aliphatic rings. The molecule has 1 unspecified atom stereocenters. The predicted octanol–water partition coefficient (Wildman–Crippen LogP) is 2.27. The number of hydrogen-bond acceptors (Lipinski definition) is 4. The van der Waals surface area contributed by atoms with Crippen molar-refractivity contribution >= 4 is 11.3 Å². The first kappa shape index (κ1) is 11.0. The zero-order valence-electron chi connectivity index (χ0n) is 9.32. The number of rotatable bonds is 3. The highest BCUT2D eigenvalue weighted by atomic mass is 32.1. The lowest BCUT2D eigenvalue weighted by Crippen LogP contribution is -2.34. The number of aromatic nitrogens is 1. The second-order valence-electron chi connectivity index (χ2n) is 4.84. The van der Waals surface area contributed by atoms with Crippen molar-refractivity contribution in [3.05, 3.63) is 16.1 Å². The van der Waals surface area contributed by atoms with E-state index in [-0.39, 0.29) is 11.6 Å². The fourth-order valence-electron chi connectivity index (χ4n) is 1.79. The molecule has 2 N–H and O–H groups in total. The smallest absolute Gasteiger partial charge is 0.122 e. The molecule has 0 aliphatic carbocycles. The summed E-state index contributed by atoms with van der Waals surface area (Å²) >= 11 is 1.70. The normalized spacial score (nSPS) is 22.2. The van der Waals surface area contributed by atoms with E-state index in [4.69, 9.17) is 10.5 Å². The van der Waals surface area contributed by atoms with E-state index in [1.165, 1.54) is 0 Å². The minimum atomic E-state index is -0.179. The SMILES string of the molecule is CC(C)(N)Cc1csc(C2CCCO2)n1. The van der Waals surface area contributed by atoms with E-state index >= 15 is 0 Å². The third kappa shape index (κ3) is 3.00. The van der Waals surface area contributed by atoms with Crippen LogP contribution in [-0.4, -0.2) is 17.1 Å². The van der Waals surface area contributed by atoms with Crippen LogP contribution in [0.4, 0.5) is 0 Å². The molecule has 2 heterocycles. The van der Waals surface area contributed by atoms with Gasteiger partial charge in [-0.1, -0.05) is 0 Å². The molecule has 4 heteroatoms. The molecule has 2 rings (SSSR count). The molecule has 0 bridgehead atoms. The van der Waals surface area contributed by atoms with Crippen LogP contribution in [0.3, 0.4) is 0 Å². The van der Waals surface area contributed by atoms with E-state index in [2.05, 4.69) is 10.4 Å². The van der Waals surface area contributed by atoms with Gasteiger partial charge in [-0.25, -0.2) is 4.98 Å². The highest BCUT2D eigenvalue weighted by molar-refractivity contribution is 7.09. The number of ether oxygens (including phenoxy) is 1. The molecular formula is C11H18N2OS. The van der Waals surface area contributed by atoms with Crippen molar-refractivity contribution in [3.8, 4) is 0 Å². The topological polar surface area (TPSA) is 48.1 Å². The average molecular weight is 226 g/mol. The highest BCUT2D eigenvalue weighted by Gasteiger charge is 2.22. The Morgan fingerprint density at radius 3 is 3.07 bits per heavy atom. The zero-order valence-corrected chi connectivity index (χ0v) is 10.1. The Hall–Kier alpha value is -0.450. The summed E-state index contributed by atoms with van der Waals surface area (Å²) in [5.41, 5.74) is 6.88. The molecule has 15 heavy (non-hydrogen) atoms. The minimum absolute atomic E-state index is 0.179. The molecule has 0 spiro atoms. The van der Waals surface area contributed by atoms with E-state index < -0.39 is 0 Å². The van der Waals surface area contributed by atoms with Gasteiger partial charge in [0.05, 0.1) is 5.69 Å². The van der Waals surface area contributed by atoms with E-state index in [0.717, 1.165) is 36.6 Å². The Morgan fingerprint density at radius 1 is 1.67 bits per heavy atom. The molecule has 1 saturated heterocycles. The first-order valence-electron chi connectivity index (χ1n) is 5.39. The van der Waals surface area contributed by atoms with Crippen LogP contribution in [0.25, 0.3) is 0 Å². The fourth-order valence-corrected chi connectivity index (χ4v) is 2.69. The second-order valence-corrected chi connectivity index (χ2v) is 5.73. The summed E-state index contributed by atoms with van der Waals surface area (Å²) in [4.78, 5) is 4.59. The van der Waals surface area contributed by atoms with Gasteiger partial charge in [0.1, 0.15) is 11.1 Å². The Balaban J connectivity index is 2.03. The third-order valence-electron chi connectivity index (χ3n) is 2.41. The highest BCUT2D eigenvalue weighted by Crippen LogP contribution is 2.31. The van der Waals surface area contributed by atoms with Crippen LogP contribution in [-0.2, 0) is 11.2 Å². The maximum atomic E-state index is 5.96. The minimum Gasteiger partial charge on any atom is -0.371 e. The quantitative estimate of drug-likeness (QED) is 0.860. The largest absolute Gasteiger partial charge is 0.371 e. The Morgan fingerprint density at radius 2 is 2.47 bits per heavy atom. The number of nitrogens with zero attached hydrogens (tertiary/aromatic N) is 1. The van der Waals surface area contributed by atoms with E-state index in [1.807, 2.05) is 13.8 Å². The van der Waals surface area contributed by atoms with Crippen LogP contribution in [0.2, 0.25) is 0 Å². The number of hydrogen-bond donors (Lipinski definition) is 1. The molecule has 0 aromatic carbocycles. The van der Waals surface area contributed by atoms with Crippen molar-refractivity contribution in [3.63, 3.8) is 0 Å². The summed E-state index contributed by atoms with van der Waals surface area (Å²) in [5, 5.41) is 3.22. The number of thiazole rings is 1.